The van der Waals surface area contributed by atoms with Gasteiger partial charge in [0.25, 0.3) is 5.91 Å². The average molecular weight is 518 g/mol. The number of nitrogens with zero attached hydrogens (tertiary/aromatic N) is 5. The Balaban J connectivity index is 1.34. The van der Waals surface area contributed by atoms with E-state index in [1.807, 2.05) is 30.3 Å². The molecule has 1 amide bonds. The summed E-state index contributed by atoms with van der Waals surface area (Å²) < 4.78 is 5.15. The minimum atomic E-state index is -0.239. The van der Waals surface area contributed by atoms with Gasteiger partial charge < -0.3 is 19.4 Å². The Kier molecular flexibility index (Phi) is 8.86. The van der Waals surface area contributed by atoms with Gasteiger partial charge in [-0.25, -0.2) is 9.97 Å². The van der Waals surface area contributed by atoms with Crippen molar-refractivity contribution in [1.82, 2.24) is 19.8 Å². The molecule has 8 nitrogen and oxygen atoms in total. The van der Waals surface area contributed by atoms with Gasteiger partial charge in [-0.3, -0.25) is 9.59 Å². The Labute approximate surface area is 216 Å². The third kappa shape index (κ3) is 6.86. The van der Waals surface area contributed by atoms with E-state index < -0.39 is 0 Å². The summed E-state index contributed by atoms with van der Waals surface area (Å²) in [5.74, 6) is 1.04. The van der Waals surface area contributed by atoms with Crippen LogP contribution in [-0.4, -0.2) is 84.6 Å². The van der Waals surface area contributed by atoms with Crippen molar-refractivity contribution < 1.29 is 14.3 Å². The molecule has 1 aromatic carbocycles. The molecule has 2 aliphatic rings. The summed E-state index contributed by atoms with van der Waals surface area (Å²) in [5, 5.41) is 1.09. The van der Waals surface area contributed by atoms with Crippen molar-refractivity contribution in [3.05, 3.63) is 46.6 Å². The molecule has 0 spiro atoms. The van der Waals surface area contributed by atoms with E-state index in [2.05, 4.69) is 21.8 Å². The zero-order chi connectivity index (χ0) is 24.8. The van der Waals surface area contributed by atoms with Crippen LogP contribution in [0.2, 0.25) is 5.15 Å². The molecule has 1 aromatic heterocycles. The number of rotatable bonds is 7. The predicted octanol–water partition coefficient (Wildman–Crippen LogP) is 3.59. The lowest BCUT2D eigenvalue weighted by Gasteiger charge is -2.33. The average Bonchev–Trinajstić information content (AvgIpc) is 2.88. The van der Waals surface area contributed by atoms with Gasteiger partial charge in [0.15, 0.2) is 5.16 Å². The minimum absolute atomic E-state index is 0.0480. The van der Waals surface area contributed by atoms with Gasteiger partial charge in [-0.15, -0.1) is 0 Å². The number of benzene rings is 1. The van der Waals surface area contributed by atoms with Gasteiger partial charge in [0, 0.05) is 56.7 Å². The second kappa shape index (κ2) is 12.1. The van der Waals surface area contributed by atoms with Crippen molar-refractivity contribution in [2.24, 2.45) is 5.92 Å². The van der Waals surface area contributed by atoms with E-state index in [0.717, 1.165) is 50.4 Å². The maximum absolute atomic E-state index is 13.0. The summed E-state index contributed by atoms with van der Waals surface area (Å²) in [6.45, 7) is 7.06. The number of hydrogen-bond acceptors (Lipinski definition) is 8. The fraction of sp³-hybridized carbons (Fsp3) is 0.520. The summed E-state index contributed by atoms with van der Waals surface area (Å²) in [6.07, 6.45) is 1.57. The highest BCUT2D eigenvalue weighted by atomic mass is 35.5. The molecule has 4 rings (SSSR count). The van der Waals surface area contributed by atoms with Crippen molar-refractivity contribution in [2.75, 3.05) is 57.8 Å². The number of amides is 1. The number of hydrogen-bond donors (Lipinski definition) is 0. The topological polar surface area (TPSA) is 78.9 Å². The number of likely N-dealkylation sites (N-methyl/N-ethyl adjacent to an activating group) is 1. The molecule has 0 radical (unpaired) electrons. The van der Waals surface area contributed by atoms with E-state index in [1.54, 1.807) is 11.8 Å². The van der Waals surface area contributed by atoms with Gasteiger partial charge in [0.05, 0.1) is 12.5 Å². The number of piperidine rings is 1. The molecule has 0 bridgehead atoms. The van der Waals surface area contributed by atoms with Crippen LogP contribution >= 0.6 is 23.4 Å². The molecule has 2 saturated heterocycles. The Morgan fingerprint density at radius 3 is 2.57 bits per heavy atom. The van der Waals surface area contributed by atoms with Crippen molar-refractivity contribution in [3.63, 3.8) is 0 Å². The maximum Gasteiger partial charge on any atom is 0.310 e. The van der Waals surface area contributed by atoms with Crippen molar-refractivity contribution in [2.45, 2.75) is 30.7 Å². The van der Waals surface area contributed by atoms with E-state index >= 15 is 0 Å². The van der Waals surface area contributed by atoms with Crippen LogP contribution in [-0.2, 0) is 15.3 Å². The van der Waals surface area contributed by atoms with Gasteiger partial charge in [0.1, 0.15) is 11.0 Å². The van der Waals surface area contributed by atoms with Crippen LogP contribution in [0.3, 0.4) is 0 Å². The first-order chi connectivity index (χ1) is 16.9. The number of anilines is 1. The molecule has 2 fully saturated rings. The third-order valence-electron chi connectivity index (χ3n) is 6.39. The molecule has 3 heterocycles. The van der Waals surface area contributed by atoms with Crippen molar-refractivity contribution in [1.29, 1.82) is 0 Å². The van der Waals surface area contributed by atoms with Gasteiger partial charge >= 0.3 is 5.97 Å². The number of ether oxygens (including phenoxy) is 1. The van der Waals surface area contributed by atoms with E-state index in [1.165, 1.54) is 11.8 Å². The SMILES string of the molecule is CCOC(=O)C1CCCN(C(=O)c2ccc(CSc3nc(Cl)cc(N4CCN(C)CC4)n3)cc2)C1. The van der Waals surface area contributed by atoms with Crippen molar-refractivity contribution in [3.8, 4) is 0 Å². The second-order valence-corrected chi connectivity index (χ2v) is 10.3. The molecule has 1 unspecified atom stereocenters. The fourth-order valence-electron chi connectivity index (χ4n) is 4.34. The summed E-state index contributed by atoms with van der Waals surface area (Å²) in [7, 11) is 2.12. The minimum Gasteiger partial charge on any atom is -0.466 e. The predicted molar refractivity (Wildman–Crippen MR) is 138 cm³/mol. The summed E-state index contributed by atoms with van der Waals surface area (Å²) in [5.41, 5.74) is 1.69. The van der Waals surface area contributed by atoms with Crippen LogP contribution in [0.15, 0.2) is 35.5 Å². The summed E-state index contributed by atoms with van der Waals surface area (Å²) in [6, 6.07) is 9.43. The van der Waals surface area contributed by atoms with Gasteiger partial charge in [-0.2, -0.15) is 0 Å². The number of halogens is 1. The molecule has 2 aromatic rings. The summed E-state index contributed by atoms with van der Waals surface area (Å²) in [4.78, 5) is 40.5. The standard InChI is InChI=1S/C25H32ClN5O3S/c1-3-34-24(33)20-5-4-10-31(16-20)23(32)19-8-6-18(7-9-19)17-35-25-27-21(26)15-22(28-25)30-13-11-29(2)12-14-30/h6-9,15,20H,3-5,10-14,16-17H2,1-2H3. The number of piperazine rings is 1. The van der Waals surface area contributed by atoms with Gasteiger partial charge in [-0.05, 0) is 44.5 Å². The first-order valence-corrected chi connectivity index (χ1v) is 13.4. The normalized spacial score (nSPS) is 19.0. The van der Waals surface area contributed by atoms with Gasteiger partial charge in [0.2, 0.25) is 0 Å². The van der Waals surface area contributed by atoms with E-state index in [-0.39, 0.29) is 17.8 Å². The third-order valence-corrected chi connectivity index (χ3v) is 7.50. The largest absolute Gasteiger partial charge is 0.466 e. The van der Waals surface area contributed by atoms with E-state index in [4.69, 9.17) is 21.3 Å². The highest BCUT2D eigenvalue weighted by Crippen LogP contribution is 2.26. The molecule has 10 heteroatoms. The Hall–Kier alpha value is -2.36. The summed E-state index contributed by atoms with van der Waals surface area (Å²) >= 11 is 7.81. The zero-order valence-electron chi connectivity index (χ0n) is 20.3. The molecule has 35 heavy (non-hydrogen) atoms. The monoisotopic (exact) mass is 517 g/mol. The zero-order valence-corrected chi connectivity index (χ0v) is 21.9. The second-order valence-electron chi connectivity index (χ2n) is 8.95. The quantitative estimate of drug-likeness (QED) is 0.239. The molecule has 0 N–H and O–H groups in total. The Morgan fingerprint density at radius 1 is 1.11 bits per heavy atom. The smallest absolute Gasteiger partial charge is 0.310 e. The highest BCUT2D eigenvalue weighted by Gasteiger charge is 2.29. The molecule has 0 saturated carbocycles. The van der Waals surface area contributed by atoms with Crippen LogP contribution < -0.4 is 4.90 Å². The van der Waals surface area contributed by atoms with Crippen LogP contribution in [0.25, 0.3) is 0 Å². The fourth-order valence-corrected chi connectivity index (χ4v) is 5.37. The Bertz CT molecular complexity index is 1030. The Morgan fingerprint density at radius 2 is 1.86 bits per heavy atom. The lowest BCUT2D eigenvalue weighted by Crippen LogP contribution is -2.44. The van der Waals surface area contributed by atoms with Crippen LogP contribution in [0.4, 0.5) is 5.82 Å². The van der Waals surface area contributed by atoms with Crippen molar-refractivity contribution >= 4 is 41.1 Å². The maximum atomic E-state index is 13.0. The lowest BCUT2D eigenvalue weighted by atomic mass is 9.97. The molecule has 188 valence electrons. The highest BCUT2D eigenvalue weighted by molar-refractivity contribution is 7.98. The van der Waals surface area contributed by atoms with Gasteiger partial charge in [-0.1, -0.05) is 35.5 Å². The van der Waals surface area contributed by atoms with Crippen LogP contribution in [0.5, 0.6) is 0 Å². The van der Waals surface area contributed by atoms with E-state index in [9.17, 15) is 9.59 Å². The molecular formula is C25H32ClN5O3S. The number of carbonyl (C=O) groups excluding carboxylic acids is 2. The molecule has 1 atom stereocenters. The first-order valence-electron chi connectivity index (χ1n) is 12.1. The molecule has 0 aliphatic carbocycles. The first kappa shape index (κ1) is 25.7. The number of aromatic nitrogens is 2. The molecule has 2 aliphatic heterocycles. The number of thioether (sulfide) groups is 1. The molecular weight excluding hydrogens is 486 g/mol. The van der Waals surface area contributed by atoms with Crippen LogP contribution in [0.1, 0.15) is 35.7 Å². The van der Waals surface area contributed by atoms with E-state index in [0.29, 0.717) is 41.3 Å². The van der Waals surface area contributed by atoms with Crippen LogP contribution in [0, 0.1) is 5.92 Å². The lowest BCUT2D eigenvalue weighted by molar-refractivity contribution is -0.149. The number of carbonyl (C=O) groups is 2. The number of likely N-dealkylation sites (tertiary alicyclic amines) is 1. The number of esters is 1.